The molecule has 0 saturated carbocycles. The van der Waals surface area contributed by atoms with Crippen molar-refractivity contribution in [2.24, 2.45) is 0 Å². The minimum atomic E-state index is -0.955. The van der Waals surface area contributed by atoms with Crippen molar-refractivity contribution in [1.82, 2.24) is 5.32 Å². The maximum atomic E-state index is 11.8. The topological polar surface area (TPSA) is 75.6 Å². The van der Waals surface area contributed by atoms with Crippen molar-refractivity contribution in [2.75, 3.05) is 0 Å². The number of ether oxygens (including phenoxy) is 1. The molecule has 2 rings (SSSR count). The lowest BCUT2D eigenvalue weighted by molar-refractivity contribution is -0.131. The first-order valence-electron chi connectivity index (χ1n) is 6.31. The van der Waals surface area contributed by atoms with Crippen LogP contribution < -0.4 is 5.32 Å². The summed E-state index contributed by atoms with van der Waals surface area (Å²) in [6, 6.07) is 6.44. The van der Waals surface area contributed by atoms with E-state index in [9.17, 15) is 9.59 Å². The highest BCUT2D eigenvalue weighted by Crippen LogP contribution is 2.19. The second-order valence-corrected chi connectivity index (χ2v) is 4.73. The minimum Gasteiger partial charge on any atom is -0.478 e. The summed E-state index contributed by atoms with van der Waals surface area (Å²) in [7, 11) is 0. The number of hydrogen-bond donors (Lipinski definition) is 2. The molecule has 0 unspecified atom stereocenters. The van der Waals surface area contributed by atoms with Crippen LogP contribution in [0.25, 0.3) is 0 Å². The standard InChI is InChI=1S/C14H17NO4/c1-9-2-7-12(19-9)13(16)15-8-10-3-5-11(6-4-10)14(17)18/h3-6,9,12H,2,7-8H2,1H3,(H,15,16)(H,17,18)/t9-,12-/m1/s1. The number of amides is 1. The van der Waals surface area contributed by atoms with Crippen LogP contribution in [0.5, 0.6) is 0 Å². The third-order valence-electron chi connectivity index (χ3n) is 3.19. The average molecular weight is 263 g/mol. The highest BCUT2D eigenvalue weighted by Gasteiger charge is 2.27. The van der Waals surface area contributed by atoms with Crippen molar-refractivity contribution in [1.29, 1.82) is 0 Å². The Balaban J connectivity index is 1.85. The van der Waals surface area contributed by atoms with E-state index in [1.54, 1.807) is 12.1 Å². The van der Waals surface area contributed by atoms with Gasteiger partial charge in [-0.05, 0) is 37.5 Å². The van der Waals surface area contributed by atoms with Gasteiger partial charge in [0.1, 0.15) is 6.10 Å². The second kappa shape index (κ2) is 5.84. The molecule has 1 aliphatic heterocycles. The molecule has 0 aliphatic carbocycles. The van der Waals surface area contributed by atoms with Crippen LogP contribution in [0.3, 0.4) is 0 Å². The number of carbonyl (C=O) groups excluding carboxylic acids is 1. The molecule has 2 N–H and O–H groups in total. The van der Waals surface area contributed by atoms with E-state index in [0.29, 0.717) is 6.54 Å². The molecule has 102 valence electrons. The van der Waals surface area contributed by atoms with Crippen LogP contribution in [0.15, 0.2) is 24.3 Å². The van der Waals surface area contributed by atoms with Crippen LogP contribution in [0, 0.1) is 0 Å². The van der Waals surface area contributed by atoms with Gasteiger partial charge in [0.15, 0.2) is 0 Å². The van der Waals surface area contributed by atoms with Crippen LogP contribution in [0.2, 0.25) is 0 Å². The van der Waals surface area contributed by atoms with Gasteiger partial charge in [0.25, 0.3) is 0 Å². The predicted molar refractivity (Wildman–Crippen MR) is 68.8 cm³/mol. The van der Waals surface area contributed by atoms with Gasteiger partial charge in [0, 0.05) is 6.54 Å². The summed E-state index contributed by atoms with van der Waals surface area (Å²) < 4.78 is 5.47. The smallest absolute Gasteiger partial charge is 0.335 e. The van der Waals surface area contributed by atoms with Gasteiger partial charge < -0.3 is 15.2 Å². The highest BCUT2D eigenvalue weighted by atomic mass is 16.5. The van der Waals surface area contributed by atoms with E-state index in [-0.39, 0.29) is 23.7 Å². The quantitative estimate of drug-likeness (QED) is 0.864. The van der Waals surface area contributed by atoms with Gasteiger partial charge in [-0.2, -0.15) is 0 Å². The van der Waals surface area contributed by atoms with Crippen molar-refractivity contribution in [3.63, 3.8) is 0 Å². The number of hydrogen-bond acceptors (Lipinski definition) is 3. The van der Waals surface area contributed by atoms with Gasteiger partial charge in [0.2, 0.25) is 5.91 Å². The number of aromatic carboxylic acids is 1. The Morgan fingerprint density at radius 3 is 2.53 bits per heavy atom. The Hall–Kier alpha value is -1.88. The Morgan fingerprint density at radius 2 is 2.00 bits per heavy atom. The second-order valence-electron chi connectivity index (χ2n) is 4.73. The number of carboxylic acids is 1. The van der Waals surface area contributed by atoms with Crippen LogP contribution >= 0.6 is 0 Å². The number of rotatable bonds is 4. The Labute approximate surface area is 111 Å². The number of benzene rings is 1. The number of nitrogens with one attached hydrogen (secondary N) is 1. The zero-order chi connectivity index (χ0) is 13.8. The molecule has 1 aliphatic rings. The summed E-state index contributed by atoms with van der Waals surface area (Å²) in [5.74, 6) is -1.06. The largest absolute Gasteiger partial charge is 0.478 e. The third-order valence-corrected chi connectivity index (χ3v) is 3.19. The molecule has 1 aromatic carbocycles. The van der Waals surface area contributed by atoms with Gasteiger partial charge in [0.05, 0.1) is 11.7 Å². The number of carbonyl (C=O) groups is 2. The highest BCUT2D eigenvalue weighted by molar-refractivity contribution is 5.87. The molecule has 2 atom stereocenters. The normalized spacial score (nSPS) is 22.2. The zero-order valence-electron chi connectivity index (χ0n) is 10.8. The molecule has 1 amide bonds. The lowest BCUT2D eigenvalue weighted by Crippen LogP contribution is -2.34. The third kappa shape index (κ3) is 3.54. The molecule has 0 aromatic heterocycles. The van der Waals surface area contributed by atoms with Crippen LogP contribution in [0.4, 0.5) is 0 Å². The Kier molecular flexibility index (Phi) is 4.16. The summed E-state index contributed by atoms with van der Waals surface area (Å²) in [5.41, 5.74) is 1.10. The summed E-state index contributed by atoms with van der Waals surface area (Å²) >= 11 is 0. The van der Waals surface area contributed by atoms with Crippen LogP contribution in [-0.4, -0.2) is 29.2 Å². The van der Waals surface area contributed by atoms with Crippen molar-refractivity contribution >= 4 is 11.9 Å². The molecule has 1 fully saturated rings. The molecule has 0 spiro atoms. The fourth-order valence-corrected chi connectivity index (χ4v) is 2.06. The molecule has 0 bridgehead atoms. The van der Waals surface area contributed by atoms with Gasteiger partial charge in [-0.25, -0.2) is 4.79 Å². The van der Waals surface area contributed by atoms with E-state index in [0.717, 1.165) is 18.4 Å². The van der Waals surface area contributed by atoms with E-state index < -0.39 is 5.97 Å². The zero-order valence-corrected chi connectivity index (χ0v) is 10.8. The minimum absolute atomic E-state index is 0.105. The van der Waals surface area contributed by atoms with Gasteiger partial charge in [-0.1, -0.05) is 12.1 Å². The first-order chi connectivity index (χ1) is 9.06. The predicted octanol–water partition coefficient (Wildman–Crippen LogP) is 1.57. The van der Waals surface area contributed by atoms with E-state index >= 15 is 0 Å². The van der Waals surface area contributed by atoms with Crippen molar-refractivity contribution in [3.05, 3.63) is 35.4 Å². The molecule has 1 heterocycles. The van der Waals surface area contributed by atoms with E-state index in [1.807, 2.05) is 6.92 Å². The van der Waals surface area contributed by atoms with E-state index in [1.165, 1.54) is 12.1 Å². The Bertz CT molecular complexity index is 469. The van der Waals surface area contributed by atoms with Gasteiger partial charge in [-0.15, -0.1) is 0 Å². The fourth-order valence-electron chi connectivity index (χ4n) is 2.06. The van der Waals surface area contributed by atoms with Crippen molar-refractivity contribution in [2.45, 2.75) is 38.5 Å². The molecule has 5 heteroatoms. The van der Waals surface area contributed by atoms with Crippen molar-refractivity contribution in [3.8, 4) is 0 Å². The lowest BCUT2D eigenvalue weighted by Gasteiger charge is -2.11. The fraction of sp³-hybridized carbons (Fsp3) is 0.429. The first-order valence-corrected chi connectivity index (χ1v) is 6.31. The Morgan fingerprint density at radius 1 is 1.32 bits per heavy atom. The molecule has 0 radical (unpaired) electrons. The summed E-state index contributed by atoms with van der Waals surface area (Å²) in [6.45, 7) is 2.34. The van der Waals surface area contributed by atoms with Gasteiger partial charge in [-0.3, -0.25) is 4.79 Å². The molecule has 19 heavy (non-hydrogen) atoms. The molecule has 1 saturated heterocycles. The maximum Gasteiger partial charge on any atom is 0.335 e. The summed E-state index contributed by atoms with van der Waals surface area (Å²) in [4.78, 5) is 22.5. The van der Waals surface area contributed by atoms with Crippen molar-refractivity contribution < 1.29 is 19.4 Å². The maximum absolute atomic E-state index is 11.8. The molecule has 5 nitrogen and oxygen atoms in total. The van der Waals surface area contributed by atoms with E-state index in [4.69, 9.17) is 9.84 Å². The van der Waals surface area contributed by atoms with Gasteiger partial charge >= 0.3 is 5.97 Å². The molecule has 1 aromatic rings. The molecular formula is C14H17NO4. The monoisotopic (exact) mass is 263 g/mol. The lowest BCUT2D eigenvalue weighted by atomic mass is 10.1. The molecular weight excluding hydrogens is 246 g/mol. The van der Waals surface area contributed by atoms with Crippen LogP contribution in [-0.2, 0) is 16.1 Å². The average Bonchev–Trinajstić information content (AvgIpc) is 2.83. The summed E-state index contributed by atoms with van der Waals surface area (Å²) in [6.07, 6.45) is 1.45. The van der Waals surface area contributed by atoms with E-state index in [2.05, 4.69) is 5.32 Å². The summed E-state index contributed by atoms with van der Waals surface area (Å²) in [5, 5.41) is 11.6. The van der Waals surface area contributed by atoms with Crippen LogP contribution in [0.1, 0.15) is 35.7 Å². The first kappa shape index (κ1) is 13.5. The SMILES string of the molecule is C[C@@H]1CC[C@H](C(=O)NCc2ccc(C(=O)O)cc2)O1. The number of carboxylic acid groups (broad SMARTS) is 1.